The second-order valence-electron chi connectivity index (χ2n) is 3.82. The monoisotopic (exact) mass is 193 g/mol. The average Bonchev–Trinajstić information content (AvgIpc) is 2.38. The molecule has 4 nitrogen and oxygen atoms in total. The zero-order valence-corrected chi connectivity index (χ0v) is 8.42. The molecule has 1 aromatic heterocycles. The van der Waals surface area contributed by atoms with E-state index < -0.39 is 5.91 Å². The molecule has 0 atom stereocenters. The number of carbonyl (C=O) groups excluding carboxylic acids is 1. The van der Waals surface area contributed by atoms with Crippen LogP contribution in [0.2, 0.25) is 0 Å². The van der Waals surface area contributed by atoms with Crippen LogP contribution in [0.3, 0.4) is 0 Å². The first-order valence-electron chi connectivity index (χ1n) is 5.04. The molecule has 0 unspecified atom stereocenters. The fraction of sp³-hybridized carbons (Fsp3) is 0.600. The van der Waals surface area contributed by atoms with Crippen molar-refractivity contribution in [3.63, 3.8) is 0 Å². The van der Waals surface area contributed by atoms with E-state index in [0.717, 1.165) is 24.8 Å². The van der Waals surface area contributed by atoms with Gasteiger partial charge in [-0.3, -0.25) is 9.48 Å². The van der Waals surface area contributed by atoms with Gasteiger partial charge in [0.15, 0.2) is 5.69 Å². The maximum absolute atomic E-state index is 11.1. The van der Waals surface area contributed by atoms with E-state index in [1.165, 1.54) is 18.5 Å². The minimum absolute atomic E-state index is 0.399. The van der Waals surface area contributed by atoms with E-state index in [-0.39, 0.29) is 0 Å². The van der Waals surface area contributed by atoms with Gasteiger partial charge in [0.25, 0.3) is 5.91 Å². The van der Waals surface area contributed by atoms with Crippen LogP contribution in [0.25, 0.3) is 0 Å². The largest absolute Gasteiger partial charge is 0.364 e. The van der Waals surface area contributed by atoms with Gasteiger partial charge in [-0.05, 0) is 25.7 Å². The van der Waals surface area contributed by atoms with E-state index in [2.05, 4.69) is 5.10 Å². The van der Waals surface area contributed by atoms with E-state index >= 15 is 0 Å². The number of hydrogen-bond acceptors (Lipinski definition) is 2. The Morgan fingerprint density at radius 3 is 2.79 bits per heavy atom. The Morgan fingerprint density at radius 2 is 2.07 bits per heavy atom. The van der Waals surface area contributed by atoms with Gasteiger partial charge >= 0.3 is 0 Å². The SMILES string of the molecule is Cn1nc(C(N)=O)c2c1CCCCC2. The van der Waals surface area contributed by atoms with Crippen molar-refractivity contribution in [2.24, 2.45) is 12.8 Å². The Balaban J connectivity index is 2.49. The molecule has 1 heterocycles. The summed E-state index contributed by atoms with van der Waals surface area (Å²) in [6, 6.07) is 0. The molecule has 0 fully saturated rings. The van der Waals surface area contributed by atoms with Crippen LogP contribution in [0.4, 0.5) is 0 Å². The molecule has 2 rings (SSSR count). The molecule has 0 bridgehead atoms. The van der Waals surface area contributed by atoms with Crippen molar-refractivity contribution in [3.8, 4) is 0 Å². The van der Waals surface area contributed by atoms with Crippen molar-refractivity contribution in [2.75, 3.05) is 0 Å². The third-order valence-electron chi connectivity index (χ3n) is 2.85. The number of nitrogens with two attached hydrogens (primary N) is 1. The van der Waals surface area contributed by atoms with Crippen LogP contribution in [-0.4, -0.2) is 15.7 Å². The van der Waals surface area contributed by atoms with Gasteiger partial charge in [-0.2, -0.15) is 5.10 Å². The summed E-state index contributed by atoms with van der Waals surface area (Å²) in [6.45, 7) is 0. The second kappa shape index (κ2) is 3.44. The zero-order valence-electron chi connectivity index (χ0n) is 8.42. The van der Waals surface area contributed by atoms with E-state index in [0.29, 0.717) is 5.69 Å². The molecule has 0 aromatic carbocycles. The van der Waals surface area contributed by atoms with Crippen molar-refractivity contribution in [1.29, 1.82) is 0 Å². The maximum Gasteiger partial charge on any atom is 0.269 e. The summed E-state index contributed by atoms with van der Waals surface area (Å²) in [4.78, 5) is 11.1. The Hall–Kier alpha value is -1.32. The van der Waals surface area contributed by atoms with Gasteiger partial charge in [0, 0.05) is 18.3 Å². The van der Waals surface area contributed by atoms with E-state index in [1.807, 2.05) is 7.05 Å². The molecule has 0 radical (unpaired) electrons. The van der Waals surface area contributed by atoms with Crippen LogP contribution >= 0.6 is 0 Å². The summed E-state index contributed by atoms with van der Waals surface area (Å²) in [5.41, 5.74) is 8.04. The predicted octanol–water partition coefficient (Wildman–Crippen LogP) is 0.788. The number of amides is 1. The van der Waals surface area contributed by atoms with E-state index in [9.17, 15) is 4.79 Å². The van der Waals surface area contributed by atoms with Gasteiger partial charge in [0.1, 0.15) is 0 Å². The Kier molecular flexibility index (Phi) is 2.27. The molecule has 0 saturated heterocycles. The van der Waals surface area contributed by atoms with Crippen molar-refractivity contribution >= 4 is 5.91 Å². The van der Waals surface area contributed by atoms with Crippen molar-refractivity contribution in [2.45, 2.75) is 32.1 Å². The lowest BCUT2D eigenvalue weighted by atomic mass is 10.1. The predicted molar refractivity (Wildman–Crippen MR) is 53.0 cm³/mol. The average molecular weight is 193 g/mol. The summed E-state index contributed by atoms with van der Waals surface area (Å²) >= 11 is 0. The first kappa shape index (κ1) is 9.24. The van der Waals surface area contributed by atoms with Gasteiger partial charge < -0.3 is 5.73 Å². The van der Waals surface area contributed by atoms with Gasteiger partial charge in [-0.1, -0.05) is 6.42 Å². The summed E-state index contributed by atoms with van der Waals surface area (Å²) < 4.78 is 1.81. The Bertz CT molecular complexity index is 368. The highest BCUT2D eigenvalue weighted by atomic mass is 16.1. The normalized spacial score (nSPS) is 16.1. The van der Waals surface area contributed by atoms with Crippen LogP contribution in [-0.2, 0) is 19.9 Å². The third-order valence-corrected chi connectivity index (χ3v) is 2.85. The summed E-state index contributed by atoms with van der Waals surface area (Å²) in [5.74, 6) is -0.399. The number of rotatable bonds is 1. The molecular formula is C10H15N3O. The molecule has 76 valence electrons. The van der Waals surface area contributed by atoms with E-state index in [4.69, 9.17) is 5.73 Å². The lowest BCUT2D eigenvalue weighted by Crippen LogP contribution is -2.14. The zero-order chi connectivity index (χ0) is 10.1. The first-order valence-corrected chi connectivity index (χ1v) is 5.04. The minimum Gasteiger partial charge on any atom is -0.364 e. The standard InChI is InChI=1S/C10H15N3O/c1-13-8-6-4-2-3-5-7(8)9(12-13)10(11)14/h2-6H2,1H3,(H2,11,14). The van der Waals surface area contributed by atoms with Crippen molar-refractivity contribution in [1.82, 2.24) is 9.78 Å². The van der Waals surface area contributed by atoms with Gasteiger partial charge in [0.2, 0.25) is 0 Å². The molecule has 1 aromatic rings. The minimum atomic E-state index is -0.399. The molecule has 0 spiro atoms. The van der Waals surface area contributed by atoms with Crippen LogP contribution in [0.1, 0.15) is 41.0 Å². The maximum atomic E-state index is 11.1. The quantitative estimate of drug-likeness (QED) is 0.670. The fourth-order valence-electron chi connectivity index (χ4n) is 2.15. The Morgan fingerprint density at radius 1 is 1.36 bits per heavy atom. The van der Waals surface area contributed by atoms with Gasteiger partial charge in [-0.15, -0.1) is 0 Å². The smallest absolute Gasteiger partial charge is 0.269 e. The second-order valence-corrected chi connectivity index (χ2v) is 3.82. The number of carbonyl (C=O) groups is 1. The van der Waals surface area contributed by atoms with Crippen LogP contribution in [0, 0.1) is 0 Å². The highest BCUT2D eigenvalue weighted by molar-refractivity contribution is 5.92. The molecule has 0 aliphatic heterocycles. The molecule has 1 amide bonds. The van der Waals surface area contributed by atoms with Crippen LogP contribution < -0.4 is 5.73 Å². The highest BCUT2D eigenvalue weighted by Gasteiger charge is 2.20. The lowest BCUT2D eigenvalue weighted by molar-refractivity contribution is 0.0994. The van der Waals surface area contributed by atoms with Gasteiger partial charge in [-0.25, -0.2) is 0 Å². The molecular weight excluding hydrogens is 178 g/mol. The number of primary amides is 1. The van der Waals surface area contributed by atoms with Crippen molar-refractivity contribution in [3.05, 3.63) is 17.0 Å². The molecule has 2 N–H and O–H groups in total. The Labute approximate surface area is 83.1 Å². The number of hydrogen-bond donors (Lipinski definition) is 1. The number of aryl methyl sites for hydroxylation is 1. The topological polar surface area (TPSA) is 60.9 Å². The molecule has 4 heteroatoms. The van der Waals surface area contributed by atoms with Gasteiger partial charge in [0.05, 0.1) is 0 Å². The van der Waals surface area contributed by atoms with E-state index in [1.54, 1.807) is 4.68 Å². The number of fused-ring (bicyclic) bond motifs is 1. The molecule has 0 saturated carbocycles. The summed E-state index contributed by atoms with van der Waals surface area (Å²) in [6.07, 6.45) is 5.52. The number of aromatic nitrogens is 2. The molecule has 1 aliphatic carbocycles. The van der Waals surface area contributed by atoms with Crippen LogP contribution in [0.5, 0.6) is 0 Å². The third kappa shape index (κ3) is 1.41. The molecule has 14 heavy (non-hydrogen) atoms. The summed E-state index contributed by atoms with van der Waals surface area (Å²) in [7, 11) is 1.89. The highest BCUT2D eigenvalue weighted by Crippen LogP contribution is 2.22. The fourth-order valence-corrected chi connectivity index (χ4v) is 2.15. The molecule has 1 aliphatic rings. The first-order chi connectivity index (χ1) is 6.70. The van der Waals surface area contributed by atoms with Crippen LogP contribution in [0.15, 0.2) is 0 Å². The lowest BCUT2D eigenvalue weighted by Gasteiger charge is -1.99. The summed E-state index contributed by atoms with van der Waals surface area (Å²) in [5, 5.41) is 4.18. The number of nitrogens with zero attached hydrogens (tertiary/aromatic N) is 2. The van der Waals surface area contributed by atoms with Crippen molar-refractivity contribution < 1.29 is 4.79 Å².